The van der Waals surface area contributed by atoms with Crippen LogP contribution in [0, 0.1) is 22.0 Å². The zero-order chi connectivity index (χ0) is 12.0. The second kappa shape index (κ2) is 5.51. The Bertz CT molecular complexity index is 471. The van der Waals surface area contributed by atoms with Crippen LogP contribution in [-0.2, 0) is 4.79 Å². The molecule has 0 aromatic heterocycles. The lowest BCUT2D eigenvalue weighted by Crippen LogP contribution is -1.92. The van der Waals surface area contributed by atoms with E-state index in [2.05, 4.69) is 11.8 Å². The van der Waals surface area contributed by atoms with Crippen LogP contribution >= 0.6 is 0 Å². The molecular formula is C11H9NO4. The molecule has 0 unspecified atom stereocenters. The van der Waals surface area contributed by atoms with Crippen LogP contribution in [0.25, 0.3) is 0 Å². The highest BCUT2D eigenvalue weighted by Gasteiger charge is 2.09. The lowest BCUT2D eigenvalue weighted by Gasteiger charge is -2.02. The van der Waals surface area contributed by atoms with Crippen LogP contribution in [0.2, 0.25) is 0 Å². The van der Waals surface area contributed by atoms with Gasteiger partial charge in [0, 0.05) is 6.07 Å². The van der Waals surface area contributed by atoms with Crippen LogP contribution in [0.15, 0.2) is 18.2 Å². The van der Waals surface area contributed by atoms with Gasteiger partial charge in [-0.05, 0) is 6.07 Å². The SMILES string of the molecule is COc1cc([N+](=O)[O-])ccc1C#CCC=O. The van der Waals surface area contributed by atoms with Crippen molar-refractivity contribution in [3.8, 4) is 17.6 Å². The fraction of sp³-hybridized carbons (Fsp3) is 0.182. The van der Waals surface area contributed by atoms with Crippen molar-refractivity contribution in [2.45, 2.75) is 6.42 Å². The molecule has 0 saturated heterocycles. The van der Waals surface area contributed by atoms with E-state index < -0.39 is 4.92 Å². The van der Waals surface area contributed by atoms with Gasteiger partial charge >= 0.3 is 0 Å². The normalized spacial score (nSPS) is 8.81. The molecule has 0 bridgehead atoms. The van der Waals surface area contributed by atoms with E-state index in [1.807, 2.05) is 0 Å². The van der Waals surface area contributed by atoms with Gasteiger partial charge in [-0.25, -0.2) is 0 Å². The summed E-state index contributed by atoms with van der Waals surface area (Å²) in [5, 5.41) is 10.5. The van der Waals surface area contributed by atoms with Crippen molar-refractivity contribution in [2.24, 2.45) is 0 Å². The lowest BCUT2D eigenvalue weighted by molar-refractivity contribution is -0.384. The second-order valence-corrected chi connectivity index (χ2v) is 2.81. The van der Waals surface area contributed by atoms with Crippen LogP contribution < -0.4 is 4.74 Å². The number of ether oxygens (including phenoxy) is 1. The first kappa shape index (κ1) is 11.7. The van der Waals surface area contributed by atoms with Gasteiger partial charge in [-0.3, -0.25) is 10.1 Å². The van der Waals surface area contributed by atoms with Crippen molar-refractivity contribution < 1.29 is 14.5 Å². The maximum absolute atomic E-state index is 10.5. The molecule has 0 atom stereocenters. The molecule has 16 heavy (non-hydrogen) atoms. The molecule has 5 heteroatoms. The number of benzene rings is 1. The molecule has 1 rings (SSSR count). The van der Waals surface area contributed by atoms with Crippen LogP contribution in [-0.4, -0.2) is 18.3 Å². The average Bonchev–Trinajstić information content (AvgIpc) is 2.29. The first-order valence-corrected chi connectivity index (χ1v) is 4.44. The Morgan fingerprint density at radius 2 is 2.31 bits per heavy atom. The minimum absolute atomic E-state index is 0.0576. The van der Waals surface area contributed by atoms with E-state index in [1.54, 1.807) is 0 Å². The van der Waals surface area contributed by atoms with Gasteiger partial charge in [-0.2, -0.15) is 0 Å². The standard InChI is InChI=1S/C11H9NO4/c1-16-11-8-10(12(14)15)6-5-9(11)4-2-3-7-13/h5-8H,3H2,1H3. The predicted molar refractivity (Wildman–Crippen MR) is 57.2 cm³/mol. The Hall–Kier alpha value is -2.35. The van der Waals surface area contributed by atoms with E-state index in [0.717, 1.165) is 0 Å². The summed E-state index contributed by atoms with van der Waals surface area (Å²) in [6.07, 6.45) is 0.811. The summed E-state index contributed by atoms with van der Waals surface area (Å²) in [7, 11) is 1.41. The van der Waals surface area contributed by atoms with Crippen molar-refractivity contribution in [3.63, 3.8) is 0 Å². The number of rotatable bonds is 3. The van der Waals surface area contributed by atoms with Gasteiger partial charge in [0.25, 0.3) is 5.69 Å². The molecule has 82 valence electrons. The number of hydrogen-bond donors (Lipinski definition) is 0. The number of nitro groups is 1. The summed E-state index contributed by atoms with van der Waals surface area (Å²) in [6.45, 7) is 0. The highest BCUT2D eigenvalue weighted by molar-refractivity contribution is 5.57. The fourth-order valence-electron chi connectivity index (χ4n) is 1.08. The maximum atomic E-state index is 10.5. The lowest BCUT2D eigenvalue weighted by atomic mass is 10.2. The van der Waals surface area contributed by atoms with Crippen LogP contribution in [0.3, 0.4) is 0 Å². The van der Waals surface area contributed by atoms with Gasteiger partial charge in [0.05, 0.1) is 30.1 Å². The summed E-state index contributed by atoms with van der Waals surface area (Å²) in [4.78, 5) is 20.1. The molecule has 0 aliphatic rings. The summed E-state index contributed by atoms with van der Waals surface area (Å²) >= 11 is 0. The van der Waals surface area contributed by atoms with E-state index in [-0.39, 0.29) is 12.1 Å². The number of non-ortho nitro benzene ring substituents is 1. The third kappa shape index (κ3) is 2.82. The molecule has 0 aliphatic carbocycles. The van der Waals surface area contributed by atoms with Crippen LogP contribution in [0.4, 0.5) is 5.69 Å². The van der Waals surface area contributed by atoms with Crippen molar-refractivity contribution in [3.05, 3.63) is 33.9 Å². The van der Waals surface area contributed by atoms with Gasteiger partial charge in [0.15, 0.2) is 0 Å². The van der Waals surface area contributed by atoms with E-state index >= 15 is 0 Å². The van der Waals surface area contributed by atoms with Crippen LogP contribution in [0.1, 0.15) is 12.0 Å². The number of hydrogen-bond acceptors (Lipinski definition) is 4. The Morgan fingerprint density at radius 1 is 1.56 bits per heavy atom. The quantitative estimate of drug-likeness (QED) is 0.334. The molecule has 0 saturated carbocycles. The predicted octanol–water partition coefficient (Wildman–Crippen LogP) is 1.54. The monoisotopic (exact) mass is 219 g/mol. The highest BCUT2D eigenvalue weighted by Crippen LogP contribution is 2.23. The molecule has 0 spiro atoms. The Labute approximate surface area is 92.2 Å². The number of methoxy groups -OCH3 is 1. The van der Waals surface area contributed by atoms with Gasteiger partial charge in [0.1, 0.15) is 12.0 Å². The Morgan fingerprint density at radius 3 is 2.88 bits per heavy atom. The van der Waals surface area contributed by atoms with Gasteiger partial charge in [-0.15, -0.1) is 0 Å². The van der Waals surface area contributed by atoms with E-state index in [9.17, 15) is 14.9 Å². The van der Waals surface area contributed by atoms with Crippen molar-refractivity contribution in [1.82, 2.24) is 0 Å². The van der Waals surface area contributed by atoms with E-state index in [0.29, 0.717) is 17.6 Å². The molecule has 1 aromatic carbocycles. The van der Waals surface area contributed by atoms with Gasteiger partial charge in [0.2, 0.25) is 0 Å². The third-order valence-electron chi connectivity index (χ3n) is 1.80. The number of nitro benzene ring substituents is 1. The van der Waals surface area contributed by atoms with Crippen molar-refractivity contribution >= 4 is 12.0 Å². The molecular weight excluding hydrogens is 210 g/mol. The van der Waals surface area contributed by atoms with Gasteiger partial charge in [-0.1, -0.05) is 11.8 Å². The van der Waals surface area contributed by atoms with Gasteiger partial charge < -0.3 is 9.53 Å². The number of carbonyl (C=O) groups is 1. The van der Waals surface area contributed by atoms with Crippen molar-refractivity contribution in [1.29, 1.82) is 0 Å². The summed E-state index contributed by atoms with van der Waals surface area (Å²) in [5.41, 5.74) is 0.465. The number of carbonyl (C=O) groups excluding carboxylic acids is 1. The minimum atomic E-state index is -0.509. The molecule has 0 fully saturated rings. The Balaban J connectivity index is 3.08. The average molecular weight is 219 g/mol. The summed E-state index contributed by atoms with van der Waals surface area (Å²) in [6, 6.07) is 4.13. The number of nitrogens with zero attached hydrogens (tertiary/aromatic N) is 1. The van der Waals surface area contributed by atoms with E-state index in [4.69, 9.17) is 4.74 Å². The fourth-order valence-corrected chi connectivity index (χ4v) is 1.08. The summed E-state index contributed by atoms with van der Waals surface area (Å²) in [5.74, 6) is 5.64. The highest BCUT2D eigenvalue weighted by atomic mass is 16.6. The zero-order valence-electron chi connectivity index (χ0n) is 8.60. The number of aldehydes is 1. The molecule has 0 heterocycles. The maximum Gasteiger partial charge on any atom is 0.273 e. The molecule has 5 nitrogen and oxygen atoms in total. The largest absolute Gasteiger partial charge is 0.495 e. The molecule has 0 radical (unpaired) electrons. The molecule has 0 N–H and O–H groups in total. The third-order valence-corrected chi connectivity index (χ3v) is 1.80. The topological polar surface area (TPSA) is 69.4 Å². The molecule has 0 amide bonds. The smallest absolute Gasteiger partial charge is 0.273 e. The van der Waals surface area contributed by atoms with Crippen molar-refractivity contribution in [2.75, 3.05) is 7.11 Å². The molecule has 0 aliphatic heterocycles. The zero-order valence-corrected chi connectivity index (χ0v) is 8.60. The van der Waals surface area contributed by atoms with E-state index in [1.165, 1.54) is 25.3 Å². The second-order valence-electron chi connectivity index (χ2n) is 2.81. The minimum Gasteiger partial charge on any atom is -0.495 e. The first-order valence-electron chi connectivity index (χ1n) is 4.44. The first-order chi connectivity index (χ1) is 7.69. The van der Waals surface area contributed by atoms with Crippen LogP contribution in [0.5, 0.6) is 5.75 Å². The molecule has 1 aromatic rings. The Kier molecular flexibility index (Phi) is 4.04. The summed E-state index contributed by atoms with van der Waals surface area (Å²) < 4.78 is 4.97.